The van der Waals surface area contributed by atoms with Crippen LogP contribution in [-0.4, -0.2) is 18.2 Å². The molecule has 0 aliphatic rings. The van der Waals surface area contributed by atoms with Crippen LogP contribution in [0.25, 0.3) is 10.9 Å². The molecule has 2 rings (SSSR count). The number of nitrogens with zero attached hydrogens (tertiary/aromatic N) is 1. The van der Waals surface area contributed by atoms with Crippen LogP contribution in [0.3, 0.4) is 0 Å². The zero-order valence-electron chi connectivity index (χ0n) is 11.2. The van der Waals surface area contributed by atoms with E-state index >= 15 is 0 Å². The normalized spacial score (nSPS) is 11.6. The van der Waals surface area contributed by atoms with E-state index in [-0.39, 0.29) is 0 Å². The molecule has 0 bridgehead atoms. The lowest BCUT2D eigenvalue weighted by Crippen LogP contribution is -2.10. The minimum atomic E-state index is 0.524. The summed E-state index contributed by atoms with van der Waals surface area (Å²) < 4.78 is 2.40. The number of rotatable bonds is 4. The van der Waals surface area contributed by atoms with Gasteiger partial charge in [0.25, 0.3) is 0 Å². The average molecular weight is 230 g/mol. The molecule has 0 saturated carbocycles. The minimum absolute atomic E-state index is 0.524. The predicted molar refractivity (Wildman–Crippen MR) is 74.7 cm³/mol. The van der Waals surface area contributed by atoms with Crippen molar-refractivity contribution in [2.75, 3.05) is 13.6 Å². The van der Waals surface area contributed by atoms with Crippen LogP contribution in [0.5, 0.6) is 0 Å². The summed E-state index contributed by atoms with van der Waals surface area (Å²) >= 11 is 0. The van der Waals surface area contributed by atoms with Crippen molar-refractivity contribution in [3.63, 3.8) is 0 Å². The predicted octanol–water partition coefficient (Wildman–Crippen LogP) is 3.29. The second-order valence-electron chi connectivity index (χ2n) is 5.00. The molecule has 0 unspecified atom stereocenters. The standard InChI is InChI=1S/C15H22N2/c1-11(2)17-12(3)9-14-10-13(7-8-16-4)5-6-15(14)17/h5-6,9-11,16H,7-8H2,1-4H3. The van der Waals surface area contributed by atoms with Crippen LogP contribution in [0.1, 0.15) is 31.1 Å². The van der Waals surface area contributed by atoms with E-state index in [0.29, 0.717) is 6.04 Å². The molecule has 92 valence electrons. The SMILES string of the molecule is CNCCc1ccc2c(c1)cc(C)n2C(C)C. The van der Waals surface area contributed by atoms with Gasteiger partial charge in [-0.15, -0.1) is 0 Å². The average Bonchev–Trinajstić information content (AvgIpc) is 2.61. The Labute approximate surface area is 104 Å². The number of hydrogen-bond donors (Lipinski definition) is 1. The van der Waals surface area contributed by atoms with E-state index in [1.165, 1.54) is 22.2 Å². The van der Waals surface area contributed by atoms with Crippen LogP contribution in [0, 0.1) is 6.92 Å². The van der Waals surface area contributed by atoms with Crippen LogP contribution in [-0.2, 0) is 6.42 Å². The number of aryl methyl sites for hydroxylation is 1. The third kappa shape index (κ3) is 2.37. The van der Waals surface area contributed by atoms with Crippen molar-refractivity contribution in [3.8, 4) is 0 Å². The van der Waals surface area contributed by atoms with Crippen LogP contribution in [0.15, 0.2) is 24.3 Å². The van der Waals surface area contributed by atoms with Gasteiger partial charge in [-0.05, 0) is 64.5 Å². The monoisotopic (exact) mass is 230 g/mol. The smallest absolute Gasteiger partial charge is 0.0485 e. The fourth-order valence-electron chi connectivity index (χ4n) is 2.53. The molecule has 1 heterocycles. The lowest BCUT2D eigenvalue weighted by molar-refractivity contribution is 0.608. The summed E-state index contributed by atoms with van der Waals surface area (Å²) in [4.78, 5) is 0. The summed E-state index contributed by atoms with van der Waals surface area (Å²) in [5.41, 5.74) is 4.11. The van der Waals surface area contributed by atoms with Crippen molar-refractivity contribution in [1.82, 2.24) is 9.88 Å². The lowest BCUT2D eigenvalue weighted by atomic mass is 10.1. The van der Waals surface area contributed by atoms with E-state index in [1.807, 2.05) is 7.05 Å². The Morgan fingerprint density at radius 2 is 2.00 bits per heavy atom. The maximum Gasteiger partial charge on any atom is 0.0485 e. The van der Waals surface area contributed by atoms with Gasteiger partial charge in [0.05, 0.1) is 0 Å². The van der Waals surface area contributed by atoms with Crippen molar-refractivity contribution in [2.24, 2.45) is 0 Å². The highest BCUT2D eigenvalue weighted by atomic mass is 15.0. The summed E-state index contributed by atoms with van der Waals surface area (Å²) in [6, 6.07) is 9.64. The van der Waals surface area contributed by atoms with Crippen LogP contribution in [0.2, 0.25) is 0 Å². The quantitative estimate of drug-likeness (QED) is 0.853. The minimum Gasteiger partial charge on any atom is -0.342 e. The van der Waals surface area contributed by atoms with Gasteiger partial charge in [0.1, 0.15) is 0 Å². The molecule has 0 fully saturated rings. The molecule has 2 nitrogen and oxygen atoms in total. The second-order valence-corrected chi connectivity index (χ2v) is 5.00. The molecule has 1 aromatic carbocycles. The van der Waals surface area contributed by atoms with Gasteiger partial charge in [-0.3, -0.25) is 0 Å². The van der Waals surface area contributed by atoms with Crippen molar-refractivity contribution in [2.45, 2.75) is 33.2 Å². The van der Waals surface area contributed by atoms with Crippen molar-refractivity contribution < 1.29 is 0 Å². The van der Waals surface area contributed by atoms with Gasteiger partial charge in [0, 0.05) is 22.6 Å². The molecule has 0 saturated heterocycles. The second kappa shape index (κ2) is 4.92. The maximum atomic E-state index is 3.19. The molecule has 0 atom stereocenters. The molecular weight excluding hydrogens is 208 g/mol. The molecule has 0 aliphatic carbocycles. The molecule has 0 spiro atoms. The van der Waals surface area contributed by atoms with Gasteiger partial charge in [0.15, 0.2) is 0 Å². The van der Waals surface area contributed by atoms with Gasteiger partial charge in [-0.1, -0.05) is 6.07 Å². The first-order valence-corrected chi connectivity index (χ1v) is 6.38. The molecule has 1 N–H and O–H groups in total. The van der Waals surface area contributed by atoms with Gasteiger partial charge >= 0.3 is 0 Å². The van der Waals surface area contributed by atoms with Gasteiger partial charge < -0.3 is 9.88 Å². The summed E-state index contributed by atoms with van der Waals surface area (Å²) in [5, 5.41) is 4.56. The zero-order valence-corrected chi connectivity index (χ0v) is 11.2. The third-order valence-electron chi connectivity index (χ3n) is 3.28. The number of aromatic nitrogens is 1. The van der Waals surface area contributed by atoms with E-state index < -0.39 is 0 Å². The van der Waals surface area contributed by atoms with Crippen molar-refractivity contribution in [3.05, 3.63) is 35.5 Å². The Morgan fingerprint density at radius 3 is 2.65 bits per heavy atom. The Hall–Kier alpha value is -1.28. The number of likely N-dealkylation sites (N-methyl/N-ethyl adjacent to an activating group) is 1. The Kier molecular flexibility index (Phi) is 3.53. The number of nitrogens with one attached hydrogen (secondary N) is 1. The summed E-state index contributed by atoms with van der Waals surface area (Å²) in [6.07, 6.45) is 1.10. The van der Waals surface area contributed by atoms with Crippen LogP contribution in [0.4, 0.5) is 0 Å². The number of benzene rings is 1. The van der Waals surface area contributed by atoms with Crippen LogP contribution < -0.4 is 5.32 Å². The molecule has 0 radical (unpaired) electrons. The maximum absolute atomic E-state index is 3.19. The lowest BCUT2D eigenvalue weighted by Gasteiger charge is -2.12. The van der Waals surface area contributed by atoms with E-state index in [0.717, 1.165) is 13.0 Å². The highest BCUT2D eigenvalue weighted by molar-refractivity contribution is 5.82. The molecule has 0 aliphatic heterocycles. The van der Waals surface area contributed by atoms with E-state index in [1.54, 1.807) is 0 Å². The van der Waals surface area contributed by atoms with Crippen molar-refractivity contribution >= 4 is 10.9 Å². The van der Waals surface area contributed by atoms with Gasteiger partial charge in [-0.25, -0.2) is 0 Å². The Morgan fingerprint density at radius 1 is 1.24 bits per heavy atom. The Bertz CT molecular complexity index is 509. The zero-order chi connectivity index (χ0) is 12.4. The summed E-state index contributed by atoms with van der Waals surface area (Å²) in [7, 11) is 2.00. The van der Waals surface area contributed by atoms with Crippen LogP contribution >= 0.6 is 0 Å². The number of fused-ring (bicyclic) bond motifs is 1. The largest absolute Gasteiger partial charge is 0.342 e. The third-order valence-corrected chi connectivity index (χ3v) is 3.28. The first-order chi connectivity index (χ1) is 8.13. The molecular formula is C15H22N2. The molecule has 2 heteroatoms. The van der Waals surface area contributed by atoms with Crippen molar-refractivity contribution in [1.29, 1.82) is 0 Å². The molecule has 2 aromatic rings. The van der Waals surface area contributed by atoms with E-state index in [9.17, 15) is 0 Å². The highest BCUT2D eigenvalue weighted by Crippen LogP contribution is 2.24. The fraction of sp³-hybridized carbons (Fsp3) is 0.467. The summed E-state index contributed by atoms with van der Waals surface area (Å²) in [5.74, 6) is 0. The molecule has 0 amide bonds. The molecule has 1 aromatic heterocycles. The Balaban J connectivity index is 2.43. The van der Waals surface area contributed by atoms with E-state index in [2.05, 4.69) is 54.9 Å². The fourth-order valence-corrected chi connectivity index (χ4v) is 2.53. The van der Waals surface area contributed by atoms with E-state index in [4.69, 9.17) is 0 Å². The summed E-state index contributed by atoms with van der Waals surface area (Å²) in [6.45, 7) is 7.70. The molecule has 17 heavy (non-hydrogen) atoms. The highest BCUT2D eigenvalue weighted by Gasteiger charge is 2.08. The van der Waals surface area contributed by atoms with Gasteiger partial charge in [0.2, 0.25) is 0 Å². The first-order valence-electron chi connectivity index (χ1n) is 6.38. The topological polar surface area (TPSA) is 17.0 Å². The first kappa shape index (κ1) is 12.2. The van der Waals surface area contributed by atoms with Gasteiger partial charge in [-0.2, -0.15) is 0 Å². The number of hydrogen-bond acceptors (Lipinski definition) is 1.